The van der Waals surface area contributed by atoms with Crippen LogP contribution in [0.1, 0.15) is 5.69 Å². The summed E-state index contributed by atoms with van der Waals surface area (Å²) >= 11 is 0. The second-order valence-electron chi connectivity index (χ2n) is 5.75. The molecule has 0 saturated carbocycles. The molecule has 0 atom stereocenters. The van der Waals surface area contributed by atoms with Crippen molar-refractivity contribution in [3.63, 3.8) is 0 Å². The molecule has 5 nitrogen and oxygen atoms in total. The van der Waals surface area contributed by atoms with Gasteiger partial charge in [0.2, 0.25) is 5.91 Å². The average Bonchev–Trinajstić information content (AvgIpc) is 2.58. The van der Waals surface area contributed by atoms with Crippen molar-refractivity contribution in [3.05, 3.63) is 67.8 Å². The van der Waals surface area contributed by atoms with Crippen molar-refractivity contribution in [3.8, 4) is 11.5 Å². The van der Waals surface area contributed by atoms with Crippen LogP contribution in [0.25, 0.3) is 10.8 Å². The summed E-state index contributed by atoms with van der Waals surface area (Å²) in [7, 11) is 3.45. The molecule has 0 aliphatic rings. The number of carbonyl (C=O) groups excluding carboxylic acids is 1. The van der Waals surface area contributed by atoms with Crippen LogP contribution < -0.4 is 10.5 Å². The second-order valence-corrected chi connectivity index (χ2v) is 5.75. The Morgan fingerprint density at radius 2 is 1.81 bits per heavy atom. The van der Waals surface area contributed by atoms with Gasteiger partial charge in [-0.25, -0.2) is 0 Å². The number of benzene rings is 2. The molecule has 0 radical (unpaired) electrons. The quantitative estimate of drug-likeness (QED) is 0.380. The van der Waals surface area contributed by atoms with Gasteiger partial charge in [-0.05, 0) is 18.2 Å². The molecule has 1 aromatic heterocycles. The first-order valence-electron chi connectivity index (χ1n) is 7.65. The fourth-order valence-corrected chi connectivity index (χ4v) is 2.44. The molecule has 0 saturated heterocycles. The van der Waals surface area contributed by atoms with E-state index in [0.29, 0.717) is 17.1 Å². The molecule has 3 aromatic rings. The molecule has 1 amide bonds. The van der Waals surface area contributed by atoms with Gasteiger partial charge in [-0.15, -0.1) is 0 Å². The Morgan fingerprint density at radius 1 is 1.12 bits per heavy atom. The molecule has 2 aromatic carbocycles. The van der Waals surface area contributed by atoms with Gasteiger partial charge < -0.3 is 22.8 Å². The van der Waals surface area contributed by atoms with Gasteiger partial charge in [-0.1, -0.05) is 24.3 Å². The van der Waals surface area contributed by atoms with Crippen LogP contribution in [0.15, 0.2) is 54.7 Å². The largest absolute Gasteiger partial charge is 0.457 e. The molecular formula is C20H22N3O2Pd-. The first-order valence-corrected chi connectivity index (χ1v) is 7.65. The Labute approximate surface area is 167 Å². The molecule has 3 rings (SSSR count). The van der Waals surface area contributed by atoms with Gasteiger partial charge >= 0.3 is 0 Å². The Hall–Kier alpha value is -2.42. The monoisotopic (exact) mass is 442 g/mol. The smallest absolute Gasteiger partial charge is 0.228 e. The first-order chi connectivity index (χ1) is 11.5. The number of carbonyl (C=O) groups is 1. The van der Waals surface area contributed by atoms with Crippen LogP contribution in [0.3, 0.4) is 0 Å². The van der Waals surface area contributed by atoms with Gasteiger partial charge in [-0.2, -0.15) is 0 Å². The third-order valence-corrected chi connectivity index (χ3v) is 3.76. The minimum atomic E-state index is -0.00224. The molecular weight excluding hydrogens is 421 g/mol. The van der Waals surface area contributed by atoms with E-state index in [1.165, 1.54) is 0 Å². The number of anilines is 1. The van der Waals surface area contributed by atoms with Gasteiger partial charge in [0.05, 0.1) is 12.1 Å². The molecule has 0 bridgehead atoms. The Bertz CT molecular complexity index is 897. The number of pyridine rings is 1. The van der Waals surface area contributed by atoms with E-state index in [0.717, 1.165) is 16.5 Å². The Kier molecular flexibility index (Phi) is 7.76. The molecule has 2 N–H and O–H groups in total. The van der Waals surface area contributed by atoms with Crippen molar-refractivity contribution in [1.29, 1.82) is 0 Å². The standard InChI is InChI=1S/C19H19N3O2.CH3.Pd/c1-22(2)19(23)12-13-11-14(9-10-21-13)24-18-8-7-17(20)15-5-3-4-6-16(15)18;;/h3-11H,12,20H2,1-2H3;1H3;/q;-1;. The number of amides is 1. The van der Waals surface area contributed by atoms with Crippen LogP contribution in [-0.2, 0) is 31.6 Å². The predicted molar refractivity (Wildman–Crippen MR) is 101 cm³/mol. The summed E-state index contributed by atoms with van der Waals surface area (Å²) < 4.78 is 6.01. The average molecular weight is 443 g/mol. The number of hydrogen-bond acceptors (Lipinski definition) is 4. The first kappa shape index (κ1) is 21.6. The molecule has 0 fully saturated rings. The van der Waals surface area contributed by atoms with E-state index in [1.807, 2.05) is 36.4 Å². The van der Waals surface area contributed by atoms with Crippen LogP contribution in [0, 0.1) is 7.43 Å². The molecule has 0 aliphatic carbocycles. The van der Waals surface area contributed by atoms with E-state index in [1.54, 1.807) is 37.3 Å². The van der Waals surface area contributed by atoms with Crippen LogP contribution in [-0.4, -0.2) is 29.9 Å². The van der Waals surface area contributed by atoms with E-state index >= 15 is 0 Å². The SMILES string of the molecule is CN(C)C(=O)Cc1cc(Oc2ccc(N)c3ccccc23)ccn1.[CH3-].[Pd]. The number of likely N-dealkylation sites (N-methyl/N-ethyl adjacent to an activating group) is 1. The summed E-state index contributed by atoms with van der Waals surface area (Å²) in [5.74, 6) is 1.36. The van der Waals surface area contributed by atoms with Crippen LogP contribution in [0.4, 0.5) is 5.69 Å². The number of ether oxygens (including phenoxy) is 1. The molecule has 1 heterocycles. The maximum absolute atomic E-state index is 11.8. The topological polar surface area (TPSA) is 68.5 Å². The van der Waals surface area contributed by atoms with Gasteiger partial charge in [0.25, 0.3) is 0 Å². The molecule has 0 aliphatic heterocycles. The minimum absolute atomic E-state index is 0. The van der Waals surface area contributed by atoms with Gasteiger partial charge in [0.15, 0.2) is 0 Å². The fraction of sp³-hybridized carbons (Fsp3) is 0.150. The summed E-state index contributed by atoms with van der Waals surface area (Å²) in [5.41, 5.74) is 7.40. The number of rotatable bonds is 4. The number of nitrogens with two attached hydrogens (primary N) is 1. The molecule has 0 spiro atoms. The number of nitrogens with zero attached hydrogens (tertiary/aromatic N) is 2. The summed E-state index contributed by atoms with van der Waals surface area (Å²) in [5, 5.41) is 1.90. The molecule has 140 valence electrons. The normalized spacial score (nSPS) is 9.77. The van der Waals surface area contributed by atoms with Crippen LogP contribution in [0.5, 0.6) is 11.5 Å². The Balaban J connectivity index is 0.00000169. The maximum Gasteiger partial charge on any atom is 0.228 e. The maximum atomic E-state index is 11.8. The van der Waals surface area contributed by atoms with Crippen molar-refractivity contribution < 1.29 is 30.0 Å². The van der Waals surface area contributed by atoms with Crippen molar-refractivity contribution in [2.45, 2.75) is 6.42 Å². The summed E-state index contributed by atoms with van der Waals surface area (Å²) in [6, 6.07) is 15.1. The second kappa shape index (κ2) is 9.33. The van der Waals surface area contributed by atoms with Gasteiger partial charge in [-0.3, -0.25) is 9.78 Å². The van der Waals surface area contributed by atoms with E-state index in [-0.39, 0.29) is 40.2 Å². The van der Waals surface area contributed by atoms with Crippen molar-refractivity contribution in [1.82, 2.24) is 9.88 Å². The van der Waals surface area contributed by atoms with Gasteiger partial charge in [0.1, 0.15) is 11.5 Å². The third kappa shape index (κ3) is 4.81. The van der Waals surface area contributed by atoms with Crippen molar-refractivity contribution in [2.75, 3.05) is 19.8 Å². The number of fused-ring (bicyclic) bond motifs is 1. The zero-order valence-corrected chi connectivity index (χ0v) is 16.6. The van der Waals surface area contributed by atoms with E-state index in [9.17, 15) is 4.79 Å². The predicted octanol–water partition coefficient (Wildman–Crippen LogP) is 3.69. The number of hydrogen-bond donors (Lipinski definition) is 1. The zero-order chi connectivity index (χ0) is 17.1. The number of aromatic nitrogens is 1. The van der Waals surface area contributed by atoms with Crippen LogP contribution in [0.2, 0.25) is 0 Å². The van der Waals surface area contributed by atoms with Crippen LogP contribution >= 0.6 is 0 Å². The summed E-state index contributed by atoms with van der Waals surface area (Å²) in [4.78, 5) is 17.6. The van der Waals surface area contributed by atoms with Gasteiger partial charge in [0, 0.05) is 63.2 Å². The molecule has 0 unspecified atom stereocenters. The zero-order valence-electron chi connectivity index (χ0n) is 15.0. The number of nitrogen functional groups attached to an aromatic ring is 1. The third-order valence-electron chi connectivity index (χ3n) is 3.76. The fourth-order valence-electron chi connectivity index (χ4n) is 2.44. The van der Waals surface area contributed by atoms with E-state index < -0.39 is 0 Å². The van der Waals surface area contributed by atoms with E-state index in [2.05, 4.69) is 4.98 Å². The molecule has 6 heteroatoms. The Morgan fingerprint density at radius 3 is 2.50 bits per heavy atom. The van der Waals surface area contributed by atoms with Crippen molar-refractivity contribution in [2.24, 2.45) is 0 Å². The van der Waals surface area contributed by atoms with Crippen molar-refractivity contribution >= 4 is 22.4 Å². The minimum Gasteiger partial charge on any atom is -0.457 e. The molecule has 26 heavy (non-hydrogen) atoms. The summed E-state index contributed by atoms with van der Waals surface area (Å²) in [6.45, 7) is 0. The van der Waals surface area contributed by atoms with E-state index in [4.69, 9.17) is 10.5 Å². The summed E-state index contributed by atoms with van der Waals surface area (Å²) in [6.07, 6.45) is 1.89.